The average Bonchev–Trinajstić information content (AvgIpc) is 2.48. The number of hydrogen-bond acceptors (Lipinski definition) is 4. The van der Waals surface area contributed by atoms with E-state index in [9.17, 15) is 4.79 Å². The van der Waals surface area contributed by atoms with Gasteiger partial charge in [-0.15, -0.1) is 0 Å². The molecule has 0 bridgehead atoms. The third kappa shape index (κ3) is 3.81. The van der Waals surface area contributed by atoms with Crippen molar-refractivity contribution in [2.45, 2.75) is 34.1 Å². The summed E-state index contributed by atoms with van der Waals surface area (Å²) in [7, 11) is 0. The van der Waals surface area contributed by atoms with Gasteiger partial charge in [0.05, 0.1) is 0 Å². The molecule has 0 saturated carbocycles. The minimum Gasteiger partial charge on any atom is -0.354 e. The summed E-state index contributed by atoms with van der Waals surface area (Å²) >= 11 is 0. The molecule has 5 nitrogen and oxygen atoms in total. The van der Waals surface area contributed by atoms with Crippen LogP contribution in [0.15, 0.2) is 24.3 Å². The second-order valence-corrected chi connectivity index (χ2v) is 5.37. The number of nitrogens with one attached hydrogen (secondary N) is 2. The summed E-state index contributed by atoms with van der Waals surface area (Å²) in [5.41, 5.74) is 4.03. The molecule has 1 amide bonds. The monoisotopic (exact) mass is 298 g/mol. The predicted molar refractivity (Wildman–Crippen MR) is 89.4 cm³/mol. The first-order valence-electron chi connectivity index (χ1n) is 7.48. The molecule has 2 rings (SSSR count). The first-order valence-corrected chi connectivity index (χ1v) is 7.48. The molecule has 116 valence electrons. The Hall–Kier alpha value is -2.43. The van der Waals surface area contributed by atoms with Crippen molar-refractivity contribution >= 4 is 17.5 Å². The highest BCUT2D eigenvalue weighted by Gasteiger charge is 2.13. The largest absolute Gasteiger partial charge is 0.354 e. The van der Waals surface area contributed by atoms with Gasteiger partial charge in [-0.2, -0.15) is 0 Å². The molecule has 0 aliphatic rings. The minimum atomic E-state index is -0.220. The van der Waals surface area contributed by atoms with Crippen LogP contribution < -0.4 is 10.6 Å². The summed E-state index contributed by atoms with van der Waals surface area (Å²) in [5, 5.41) is 6.06. The van der Waals surface area contributed by atoms with E-state index in [4.69, 9.17) is 0 Å². The molecule has 2 N–H and O–H groups in total. The van der Waals surface area contributed by atoms with Crippen LogP contribution >= 0.6 is 0 Å². The van der Waals surface area contributed by atoms with Crippen molar-refractivity contribution in [3.63, 3.8) is 0 Å². The van der Waals surface area contributed by atoms with E-state index in [1.165, 1.54) is 0 Å². The van der Waals surface area contributed by atoms with Crippen molar-refractivity contribution in [3.8, 4) is 0 Å². The van der Waals surface area contributed by atoms with Crippen molar-refractivity contribution in [2.24, 2.45) is 0 Å². The lowest BCUT2D eigenvalue weighted by Gasteiger charge is -2.12. The van der Waals surface area contributed by atoms with Crippen molar-refractivity contribution in [1.82, 2.24) is 9.97 Å². The highest BCUT2D eigenvalue weighted by Crippen LogP contribution is 2.20. The van der Waals surface area contributed by atoms with E-state index in [0.717, 1.165) is 35.5 Å². The Morgan fingerprint density at radius 2 is 1.82 bits per heavy atom. The molecule has 0 atom stereocenters. The number of para-hydroxylation sites is 1. The zero-order chi connectivity index (χ0) is 16.1. The molecule has 0 fully saturated rings. The van der Waals surface area contributed by atoms with Gasteiger partial charge in [0.2, 0.25) is 5.95 Å². The number of hydrogen-bond donors (Lipinski definition) is 2. The third-order valence-corrected chi connectivity index (χ3v) is 3.34. The summed E-state index contributed by atoms with van der Waals surface area (Å²) in [6, 6.07) is 7.62. The van der Waals surface area contributed by atoms with Crippen molar-refractivity contribution < 1.29 is 4.79 Å². The van der Waals surface area contributed by atoms with Gasteiger partial charge >= 0.3 is 0 Å². The van der Waals surface area contributed by atoms with Crippen LogP contribution in [0.5, 0.6) is 0 Å². The van der Waals surface area contributed by atoms with Gasteiger partial charge in [-0.25, -0.2) is 9.97 Å². The number of benzene rings is 1. The molecule has 5 heteroatoms. The van der Waals surface area contributed by atoms with Gasteiger partial charge in [-0.1, -0.05) is 25.1 Å². The number of aromatic nitrogens is 2. The van der Waals surface area contributed by atoms with Crippen LogP contribution in [0.1, 0.15) is 40.7 Å². The van der Waals surface area contributed by atoms with Crippen molar-refractivity contribution in [3.05, 3.63) is 46.8 Å². The van der Waals surface area contributed by atoms with Crippen LogP contribution in [-0.4, -0.2) is 22.4 Å². The normalized spacial score (nSPS) is 10.4. The fraction of sp³-hybridized carbons (Fsp3) is 0.353. The van der Waals surface area contributed by atoms with Crippen LogP contribution in [0.25, 0.3) is 0 Å². The molecular formula is C17H22N4O. The van der Waals surface area contributed by atoms with Gasteiger partial charge < -0.3 is 10.6 Å². The van der Waals surface area contributed by atoms with Crippen LogP contribution in [0.4, 0.5) is 11.6 Å². The Kier molecular flexibility index (Phi) is 5.09. The highest BCUT2D eigenvalue weighted by molar-refractivity contribution is 6.03. The zero-order valence-corrected chi connectivity index (χ0v) is 13.5. The number of amides is 1. The summed E-state index contributed by atoms with van der Waals surface area (Å²) in [6.07, 6.45) is 0.973. The molecule has 0 radical (unpaired) electrons. The van der Waals surface area contributed by atoms with E-state index >= 15 is 0 Å². The van der Waals surface area contributed by atoms with Gasteiger partial charge in [0.25, 0.3) is 5.91 Å². The van der Waals surface area contributed by atoms with E-state index in [2.05, 4.69) is 27.5 Å². The van der Waals surface area contributed by atoms with Gasteiger partial charge in [-0.05, 0) is 44.4 Å². The molecule has 0 saturated heterocycles. The Bertz CT molecular complexity index is 662. The lowest BCUT2D eigenvalue weighted by atomic mass is 10.1. The quantitative estimate of drug-likeness (QED) is 0.887. The summed E-state index contributed by atoms with van der Waals surface area (Å²) in [6.45, 7) is 8.65. The second-order valence-electron chi connectivity index (χ2n) is 5.37. The van der Waals surface area contributed by atoms with Gasteiger partial charge in [0.15, 0.2) is 0 Å². The van der Waals surface area contributed by atoms with Crippen molar-refractivity contribution in [1.29, 1.82) is 0 Å². The molecule has 1 heterocycles. The SMILES string of the molecule is CCCNc1nc(C)cc(C(=O)Nc2c(C)cccc2C)n1. The molecular weight excluding hydrogens is 276 g/mol. The molecule has 0 spiro atoms. The minimum absolute atomic E-state index is 0.220. The molecule has 0 unspecified atom stereocenters. The average molecular weight is 298 g/mol. The summed E-state index contributed by atoms with van der Waals surface area (Å²) < 4.78 is 0. The lowest BCUT2D eigenvalue weighted by Crippen LogP contribution is -2.17. The highest BCUT2D eigenvalue weighted by atomic mass is 16.1. The van der Waals surface area contributed by atoms with Gasteiger partial charge in [0.1, 0.15) is 5.69 Å². The number of aryl methyl sites for hydroxylation is 3. The van der Waals surface area contributed by atoms with E-state index in [1.54, 1.807) is 6.07 Å². The maximum absolute atomic E-state index is 12.5. The van der Waals surface area contributed by atoms with Gasteiger partial charge in [0, 0.05) is 17.9 Å². The maximum atomic E-state index is 12.5. The number of carbonyl (C=O) groups excluding carboxylic acids is 1. The fourth-order valence-corrected chi connectivity index (χ4v) is 2.19. The van der Waals surface area contributed by atoms with Crippen LogP contribution in [0, 0.1) is 20.8 Å². The predicted octanol–water partition coefficient (Wildman–Crippen LogP) is 3.48. The summed E-state index contributed by atoms with van der Waals surface area (Å²) in [4.78, 5) is 21.1. The Balaban J connectivity index is 2.24. The van der Waals surface area contributed by atoms with Gasteiger partial charge in [-0.3, -0.25) is 4.79 Å². The first-order chi connectivity index (χ1) is 10.5. The standard InChI is InChI=1S/C17H22N4O/c1-5-9-18-17-19-13(4)10-14(20-17)16(22)21-15-11(2)7-6-8-12(15)3/h6-8,10H,5,9H2,1-4H3,(H,21,22)(H,18,19,20). The van der Waals surface area contributed by atoms with E-state index in [1.807, 2.05) is 39.0 Å². The smallest absolute Gasteiger partial charge is 0.274 e. The Labute approximate surface area is 131 Å². The number of carbonyl (C=O) groups is 1. The van der Waals surface area contributed by atoms with E-state index in [-0.39, 0.29) is 5.91 Å². The third-order valence-electron chi connectivity index (χ3n) is 3.34. The van der Waals surface area contributed by atoms with Crippen LogP contribution in [0.2, 0.25) is 0 Å². The molecule has 22 heavy (non-hydrogen) atoms. The molecule has 1 aromatic heterocycles. The molecule has 1 aromatic carbocycles. The van der Waals surface area contributed by atoms with E-state index < -0.39 is 0 Å². The fourth-order valence-electron chi connectivity index (χ4n) is 2.19. The molecule has 0 aliphatic carbocycles. The van der Waals surface area contributed by atoms with Crippen molar-refractivity contribution in [2.75, 3.05) is 17.2 Å². The lowest BCUT2D eigenvalue weighted by molar-refractivity contribution is 0.102. The molecule has 0 aliphatic heterocycles. The van der Waals surface area contributed by atoms with Crippen LogP contribution in [-0.2, 0) is 0 Å². The van der Waals surface area contributed by atoms with E-state index in [0.29, 0.717) is 11.6 Å². The van der Waals surface area contributed by atoms with Crippen LogP contribution in [0.3, 0.4) is 0 Å². The topological polar surface area (TPSA) is 66.9 Å². The Morgan fingerprint density at radius 3 is 2.45 bits per heavy atom. The number of rotatable bonds is 5. The maximum Gasteiger partial charge on any atom is 0.274 e. The number of nitrogens with zero attached hydrogens (tertiary/aromatic N) is 2. The first kappa shape index (κ1) is 15.9. The Morgan fingerprint density at radius 1 is 1.14 bits per heavy atom. The second kappa shape index (κ2) is 7.02. The zero-order valence-electron chi connectivity index (χ0n) is 13.5. The molecule has 2 aromatic rings. The number of anilines is 2. The summed E-state index contributed by atoms with van der Waals surface area (Å²) in [5.74, 6) is 0.274.